The third kappa shape index (κ3) is 5.04. The number of rotatable bonds is 9. The monoisotopic (exact) mass is 551 g/mol. The van der Waals surface area contributed by atoms with E-state index in [9.17, 15) is 52.5 Å². The van der Waals surface area contributed by atoms with Crippen molar-refractivity contribution in [2.45, 2.75) is 43.6 Å². The van der Waals surface area contributed by atoms with Crippen LogP contribution in [0.4, 0.5) is 26.3 Å². The molecule has 0 aliphatic heterocycles. The average molecular weight is 551 g/mol. The first-order valence-electron chi connectivity index (χ1n) is 9.40. The molecule has 0 aromatic heterocycles. The highest BCUT2D eigenvalue weighted by molar-refractivity contribution is 7.88. The van der Waals surface area contributed by atoms with Crippen molar-refractivity contribution >= 4 is 37.0 Å². The van der Waals surface area contributed by atoms with Gasteiger partial charge in [0.25, 0.3) is 0 Å². The lowest BCUT2D eigenvalue weighted by atomic mass is 9.91. The fourth-order valence-electron chi connectivity index (χ4n) is 2.37. The lowest BCUT2D eigenvalue weighted by Gasteiger charge is -2.32. The lowest BCUT2D eigenvalue weighted by Crippen LogP contribution is -2.61. The van der Waals surface area contributed by atoms with Crippen LogP contribution in [-0.2, 0) is 25.0 Å². The van der Waals surface area contributed by atoms with Crippen molar-refractivity contribution in [3.63, 3.8) is 0 Å². The number of esters is 1. The quantitative estimate of drug-likeness (QED) is 0.149. The van der Waals surface area contributed by atoms with Gasteiger partial charge < -0.3 is 13.5 Å². The number of carbonyl (C=O) groups is 1. The average Bonchev–Trinajstić information content (AvgIpc) is 2.72. The lowest BCUT2D eigenvalue weighted by molar-refractivity contribution is -0.247. The van der Waals surface area contributed by atoms with E-state index in [2.05, 4.69) is 4.18 Å². The van der Waals surface area contributed by atoms with Crippen LogP contribution >= 0.6 is 0 Å². The van der Waals surface area contributed by atoms with Gasteiger partial charge >= 0.3 is 32.5 Å². The minimum Gasteiger partial charge on any atom is -0.743 e. The number of ether oxygens (including phenoxy) is 1. The molecule has 0 heterocycles. The zero-order valence-electron chi connectivity index (χ0n) is 18.0. The number of fused-ring (bicyclic) bond motifs is 1. The Labute approximate surface area is 195 Å². The van der Waals surface area contributed by atoms with Gasteiger partial charge in [-0.15, -0.1) is 0 Å². The van der Waals surface area contributed by atoms with Gasteiger partial charge in [-0.1, -0.05) is 19.1 Å². The Hall–Kier alpha value is -2.59. The Morgan fingerprint density at radius 3 is 1.77 bits per heavy atom. The van der Waals surface area contributed by atoms with E-state index in [1.807, 2.05) is 0 Å². The topological polar surface area (TPSA) is 127 Å². The first-order chi connectivity index (χ1) is 15.6. The van der Waals surface area contributed by atoms with Crippen molar-refractivity contribution < 1.29 is 61.4 Å². The van der Waals surface area contributed by atoms with E-state index in [4.69, 9.17) is 4.74 Å². The maximum atomic E-state index is 13.9. The fraction of sp³-hybridized carbons (Fsp3) is 0.421. The number of alkyl halides is 6. The first-order valence-corrected chi connectivity index (χ1v) is 12.2. The van der Waals surface area contributed by atoms with Gasteiger partial charge in [0, 0.05) is 0 Å². The van der Waals surface area contributed by atoms with Crippen molar-refractivity contribution in [2.75, 3.05) is 0 Å². The second kappa shape index (κ2) is 8.81. The molecule has 0 radical (unpaired) electrons. The summed E-state index contributed by atoms with van der Waals surface area (Å²) in [4.78, 5) is 12.2. The highest BCUT2D eigenvalue weighted by atomic mass is 32.2. The van der Waals surface area contributed by atoms with Crippen molar-refractivity contribution in [3.05, 3.63) is 36.4 Å². The highest BCUT2D eigenvalue weighted by Crippen LogP contribution is 2.51. The number of hydrogen-bond donors (Lipinski definition) is 0. The molecule has 0 bridgehead atoms. The van der Waals surface area contributed by atoms with E-state index in [1.165, 1.54) is 18.2 Å². The number of carbonyl (C=O) groups excluding carboxylic acids is 1. The number of benzene rings is 2. The van der Waals surface area contributed by atoms with Gasteiger partial charge in [-0.2, -0.15) is 34.8 Å². The summed E-state index contributed by atoms with van der Waals surface area (Å²) < 4.78 is 145. The van der Waals surface area contributed by atoms with Crippen molar-refractivity contribution in [3.8, 4) is 11.5 Å². The molecule has 2 aromatic carbocycles. The molecule has 0 spiro atoms. The first kappa shape index (κ1) is 28.6. The molecule has 0 saturated carbocycles. The summed E-state index contributed by atoms with van der Waals surface area (Å²) in [5, 5.41) is -13.5. The van der Waals surface area contributed by atoms with Gasteiger partial charge in [0.15, 0.2) is 10.1 Å². The van der Waals surface area contributed by atoms with Crippen LogP contribution in [0, 0.1) is 5.41 Å². The maximum absolute atomic E-state index is 13.9. The van der Waals surface area contributed by atoms with E-state index >= 15 is 0 Å². The second-order valence-electron chi connectivity index (χ2n) is 7.90. The summed E-state index contributed by atoms with van der Waals surface area (Å²) in [6, 6.07) is 6.27. The van der Waals surface area contributed by atoms with Crippen LogP contribution in [0.25, 0.3) is 10.8 Å². The molecule has 8 nitrogen and oxygen atoms in total. The van der Waals surface area contributed by atoms with E-state index in [0.29, 0.717) is 12.5 Å². The summed E-state index contributed by atoms with van der Waals surface area (Å²) in [6.07, 6.45) is 0.463. The molecule has 0 saturated heterocycles. The van der Waals surface area contributed by atoms with Crippen LogP contribution in [0.5, 0.6) is 11.5 Å². The van der Waals surface area contributed by atoms with E-state index in [-0.39, 0.29) is 16.5 Å². The van der Waals surface area contributed by atoms with E-state index < -0.39 is 53.8 Å². The molecule has 0 N–H and O–H groups in total. The van der Waals surface area contributed by atoms with Gasteiger partial charge in [0.1, 0.15) is 11.5 Å². The smallest absolute Gasteiger partial charge is 0.450 e. The Bertz CT molecular complexity index is 1350. The summed E-state index contributed by atoms with van der Waals surface area (Å²) in [5.41, 5.74) is -0.809. The second-order valence-corrected chi connectivity index (χ2v) is 10.9. The van der Waals surface area contributed by atoms with Crippen LogP contribution < -0.4 is 8.92 Å². The fourth-order valence-corrected chi connectivity index (χ4v) is 3.78. The van der Waals surface area contributed by atoms with Crippen LogP contribution in [0.3, 0.4) is 0 Å². The Kier molecular flexibility index (Phi) is 7.21. The SMILES string of the molecule is CCC(C)(C)C(=O)Oc1ccc2cc(OS(=O)(=O)C(F)(F)C(F)(F)C(F)(F)S(=O)(=O)[O-])ccc2c1. The van der Waals surface area contributed by atoms with Crippen molar-refractivity contribution in [1.29, 1.82) is 0 Å². The van der Waals surface area contributed by atoms with Gasteiger partial charge in [-0.05, 0) is 55.3 Å². The van der Waals surface area contributed by atoms with Crippen molar-refractivity contribution in [2.24, 2.45) is 5.41 Å². The minimum absolute atomic E-state index is 0.0646. The maximum Gasteiger partial charge on any atom is 0.450 e. The molecule has 0 aliphatic rings. The summed E-state index contributed by atoms with van der Waals surface area (Å²) in [7, 11) is -14.4. The van der Waals surface area contributed by atoms with Crippen LogP contribution in [0.15, 0.2) is 36.4 Å². The normalized spacial score (nSPS) is 14.1. The molecular weight excluding hydrogens is 534 g/mol. The molecule has 0 unspecified atom stereocenters. The Morgan fingerprint density at radius 1 is 0.857 bits per heavy atom. The minimum atomic E-state index is -7.40. The molecular formula is C19H17F6O8S2-. The van der Waals surface area contributed by atoms with Crippen LogP contribution in [0.1, 0.15) is 27.2 Å². The third-order valence-electron chi connectivity index (χ3n) is 5.00. The van der Waals surface area contributed by atoms with Crippen molar-refractivity contribution in [1.82, 2.24) is 0 Å². The van der Waals surface area contributed by atoms with E-state index in [0.717, 1.165) is 12.1 Å². The summed E-state index contributed by atoms with van der Waals surface area (Å²) in [5.74, 6) is -8.71. The molecule has 35 heavy (non-hydrogen) atoms. The molecule has 16 heteroatoms. The third-order valence-corrected chi connectivity index (χ3v) is 7.18. The Balaban J connectivity index is 2.38. The molecule has 2 aromatic rings. The number of halogens is 6. The Morgan fingerprint density at radius 2 is 1.31 bits per heavy atom. The standard InChI is InChI=1S/C19H18F6O8S2/c1-4-16(2,3)15(26)32-13-7-5-12-10-14(8-6-11(12)9-13)33-35(30,31)19(24,25)17(20,21)18(22,23)34(27,28)29/h5-10H,4H2,1-3H3,(H,27,28,29)/p-1. The predicted molar refractivity (Wildman–Crippen MR) is 108 cm³/mol. The molecule has 196 valence electrons. The molecule has 0 aliphatic carbocycles. The zero-order valence-corrected chi connectivity index (χ0v) is 19.7. The van der Waals surface area contributed by atoms with Gasteiger partial charge in [0.05, 0.1) is 5.41 Å². The van der Waals surface area contributed by atoms with Gasteiger partial charge in [-0.25, -0.2) is 8.42 Å². The molecule has 2 rings (SSSR count). The zero-order chi connectivity index (χ0) is 27.3. The molecule has 0 atom stereocenters. The highest BCUT2D eigenvalue weighted by Gasteiger charge is 2.81. The number of hydrogen-bond acceptors (Lipinski definition) is 8. The molecule has 0 amide bonds. The summed E-state index contributed by atoms with van der Waals surface area (Å²) >= 11 is 0. The largest absolute Gasteiger partial charge is 0.743 e. The summed E-state index contributed by atoms with van der Waals surface area (Å²) in [6.45, 7) is 5.04. The van der Waals surface area contributed by atoms with E-state index in [1.54, 1.807) is 20.8 Å². The van der Waals surface area contributed by atoms with Gasteiger partial charge in [0.2, 0.25) is 0 Å². The van der Waals surface area contributed by atoms with Crippen LogP contribution in [-0.4, -0.2) is 43.8 Å². The van der Waals surface area contributed by atoms with Crippen LogP contribution in [0.2, 0.25) is 0 Å². The molecule has 0 fully saturated rings. The predicted octanol–water partition coefficient (Wildman–Crippen LogP) is 4.26. The van der Waals surface area contributed by atoms with Gasteiger partial charge in [-0.3, -0.25) is 4.79 Å².